The smallest absolute Gasteiger partial charge is 0.265 e. The average Bonchev–Trinajstić information content (AvgIpc) is 3.04. The normalized spacial score (nSPS) is 27.1. The third-order valence-corrected chi connectivity index (χ3v) is 6.16. The molecule has 0 radical (unpaired) electrons. The Morgan fingerprint density at radius 2 is 1.86 bits per heavy atom. The minimum Gasteiger partial charge on any atom is -0.309 e. The number of hydrogen-bond donors (Lipinski definition) is 1. The molecule has 0 spiro atoms. The van der Waals surface area contributed by atoms with Crippen LogP contribution >= 0.6 is 15.9 Å². The molecule has 0 aromatic carbocycles. The van der Waals surface area contributed by atoms with Gasteiger partial charge in [0.1, 0.15) is 10.3 Å². The van der Waals surface area contributed by atoms with Gasteiger partial charge in [-0.2, -0.15) is 0 Å². The molecule has 0 saturated heterocycles. The van der Waals surface area contributed by atoms with E-state index in [0.29, 0.717) is 16.3 Å². The van der Waals surface area contributed by atoms with Crippen LogP contribution in [0.4, 0.5) is 0 Å². The molecule has 2 fully saturated rings. The third-order valence-electron chi connectivity index (χ3n) is 5.40. The van der Waals surface area contributed by atoms with E-state index in [9.17, 15) is 4.79 Å². The number of rotatable bonds is 3. The van der Waals surface area contributed by atoms with Gasteiger partial charge >= 0.3 is 0 Å². The molecule has 2 unspecified atom stereocenters. The van der Waals surface area contributed by atoms with E-state index in [0.717, 1.165) is 17.4 Å². The van der Waals surface area contributed by atoms with Crippen molar-refractivity contribution in [2.75, 3.05) is 0 Å². The van der Waals surface area contributed by atoms with Crippen LogP contribution in [-0.2, 0) is 0 Å². The summed E-state index contributed by atoms with van der Waals surface area (Å²) in [6, 6.07) is 0. The van der Waals surface area contributed by atoms with Gasteiger partial charge in [0.2, 0.25) is 0 Å². The molecule has 2 saturated carbocycles. The van der Waals surface area contributed by atoms with E-state index in [1.807, 2.05) is 0 Å². The minimum atomic E-state index is 0.0144. The number of aromatic nitrogens is 2. The van der Waals surface area contributed by atoms with Crippen LogP contribution < -0.4 is 5.56 Å². The monoisotopic (exact) mass is 352 g/mol. The summed E-state index contributed by atoms with van der Waals surface area (Å²) >= 11 is 3.47. The molecule has 0 aliphatic heterocycles. The first kappa shape index (κ1) is 15.3. The molecule has 1 aromatic rings. The van der Waals surface area contributed by atoms with Crippen molar-refractivity contribution in [1.29, 1.82) is 0 Å². The van der Waals surface area contributed by atoms with Gasteiger partial charge in [0.05, 0.1) is 5.69 Å². The Hall–Kier alpha value is -0.640. The molecule has 1 N–H and O–H groups in total. The van der Waals surface area contributed by atoms with E-state index >= 15 is 0 Å². The quantitative estimate of drug-likeness (QED) is 0.842. The van der Waals surface area contributed by atoms with Crippen molar-refractivity contribution in [3.63, 3.8) is 0 Å². The van der Waals surface area contributed by atoms with Crippen LogP contribution in [0.5, 0.6) is 0 Å². The second-order valence-corrected chi connectivity index (χ2v) is 7.56. The average molecular weight is 353 g/mol. The first-order valence-electron chi connectivity index (χ1n) is 8.48. The van der Waals surface area contributed by atoms with Crippen molar-refractivity contribution in [2.45, 2.75) is 76.5 Å². The summed E-state index contributed by atoms with van der Waals surface area (Å²) < 4.78 is 0.668. The highest BCUT2D eigenvalue weighted by Crippen LogP contribution is 2.39. The van der Waals surface area contributed by atoms with Crippen molar-refractivity contribution >= 4 is 15.9 Å². The molecule has 2 aliphatic rings. The van der Waals surface area contributed by atoms with Crippen molar-refractivity contribution in [1.82, 2.24) is 9.97 Å². The van der Waals surface area contributed by atoms with E-state index in [4.69, 9.17) is 4.98 Å². The standard InChI is InChI=1S/C17H25BrN2O/c1-2-11-6-5-9-13(10-11)16-19-15(12-7-3-4-8-12)14(18)17(21)20-16/h11-13H,2-10H2,1H3,(H,19,20,21). The van der Waals surface area contributed by atoms with Crippen LogP contribution in [0, 0.1) is 5.92 Å². The zero-order valence-electron chi connectivity index (χ0n) is 12.8. The Labute approximate surface area is 135 Å². The summed E-state index contributed by atoms with van der Waals surface area (Å²) in [4.78, 5) is 20.2. The zero-order chi connectivity index (χ0) is 14.8. The second kappa shape index (κ2) is 6.64. The van der Waals surface area contributed by atoms with Crippen molar-refractivity contribution in [3.05, 3.63) is 26.3 Å². The molecule has 21 heavy (non-hydrogen) atoms. The fraction of sp³-hybridized carbons (Fsp3) is 0.765. The molecular weight excluding hydrogens is 328 g/mol. The number of halogens is 1. The Balaban J connectivity index is 1.90. The molecule has 2 aliphatic carbocycles. The van der Waals surface area contributed by atoms with Gasteiger partial charge in [-0.3, -0.25) is 4.79 Å². The summed E-state index contributed by atoms with van der Waals surface area (Å²) in [5.41, 5.74) is 1.03. The topological polar surface area (TPSA) is 45.8 Å². The van der Waals surface area contributed by atoms with Crippen molar-refractivity contribution < 1.29 is 0 Å². The van der Waals surface area contributed by atoms with Crippen LogP contribution in [0.3, 0.4) is 0 Å². The summed E-state index contributed by atoms with van der Waals surface area (Å²) in [5, 5.41) is 0. The molecule has 2 atom stereocenters. The molecular formula is C17H25BrN2O. The predicted molar refractivity (Wildman–Crippen MR) is 88.8 cm³/mol. The van der Waals surface area contributed by atoms with Crippen LogP contribution in [0.2, 0.25) is 0 Å². The molecule has 3 rings (SSSR count). The summed E-state index contributed by atoms with van der Waals surface area (Å²) in [5.74, 6) is 2.67. The first-order valence-corrected chi connectivity index (χ1v) is 9.28. The lowest BCUT2D eigenvalue weighted by atomic mass is 9.80. The first-order chi connectivity index (χ1) is 10.2. The molecule has 4 heteroatoms. The molecule has 116 valence electrons. The highest BCUT2D eigenvalue weighted by Gasteiger charge is 2.27. The molecule has 3 nitrogen and oxygen atoms in total. The number of hydrogen-bond acceptors (Lipinski definition) is 2. The van der Waals surface area contributed by atoms with Crippen LogP contribution in [-0.4, -0.2) is 9.97 Å². The van der Waals surface area contributed by atoms with Gasteiger partial charge in [-0.15, -0.1) is 0 Å². The second-order valence-electron chi connectivity index (χ2n) is 6.77. The van der Waals surface area contributed by atoms with Crippen LogP contribution in [0.25, 0.3) is 0 Å². The Morgan fingerprint density at radius 3 is 2.57 bits per heavy atom. The number of nitrogens with zero attached hydrogens (tertiary/aromatic N) is 1. The van der Waals surface area contributed by atoms with Gasteiger partial charge in [0.25, 0.3) is 5.56 Å². The predicted octanol–water partition coefficient (Wildman–Crippen LogP) is 4.87. The highest BCUT2D eigenvalue weighted by atomic mass is 79.9. The largest absolute Gasteiger partial charge is 0.309 e. The van der Waals surface area contributed by atoms with Crippen LogP contribution in [0.15, 0.2) is 9.27 Å². The third kappa shape index (κ3) is 3.25. The van der Waals surface area contributed by atoms with Gasteiger partial charge < -0.3 is 4.98 Å². The minimum absolute atomic E-state index is 0.0144. The molecule has 0 bridgehead atoms. The maximum absolute atomic E-state index is 12.3. The highest BCUT2D eigenvalue weighted by molar-refractivity contribution is 9.10. The maximum atomic E-state index is 12.3. The summed E-state index contributed by atoms with van der Waals surface area (Å²) in [6.07, 6.45) is 11.1. The summed E-state index contributed by atoms with van der Waals surface area (Å²) in [7, 11) is 0. The van der Waals surface area contributed by atoms with Gasteiger partial charge in [0.15, 0.2) is 0 Å². The zero-order valence-corrected chi connectivity index (χ0v) is 14.4. The summed E-state index contributed by atoms with van der Waals surface area (Å²) in [6.45, 7) is 2.27. The molecule has 1 heterocycles. The van der Waals surface area contributed by atoms with Gasteiger partial charge in [-0.05, 0) is 47.5 Å². The lowest BCUT2D eigenvalue weighted by molar-refractivity contribution is 0.306. The van der Waals surface area contributed by atoms with Gasteiger partial charge in [0, 0.05) is 11.8 Å². The Morgan fingerprint density at radius 1 is 1.14 bits per heavy atom. The molecule has 1 aromatic heterocycles. The van der Waals surface area contributed by atoms with Crippen LogP contribution in [0.1, 0.15) is 88.1 Å². The molecule has 0 amide bonds. The Kier molecular flexibility index (Phi) is 4.82. The number of nitrogens with one attached hydrogen (secondary N) is 1. The fourth-order valence-corrected chi connectivity index (χ4v) is 4.58. The van der Waals surface area contributed by atoms with Crippen molar-refractivity contribution in [2.24, 2.45) is 5.92 Å². The fourth-order valence-electron chi connectivity index (χ4n) is 4.07. The SMILES string of the molecule is CCC1CCCC(c2nc(C3CCCC3)c(Br)c(=O)[nH]2)C1. The number of aromatic amines is 1. The lowest BCUT2D eigenvalue weighted by Crippen LogP contribution is -2.22. The van der Waals surface area contributed by atoms with Gasteiger partial charge in [-0.1, -0.05) is 39.0 Å². The van der Waals surface area contributed by atoms with E-state index < -0.39 is 0 Å². The van der Waals surface area contributed by atoms with E-state index in [1.54, 1.807) is 0 Å². The van der Waals surface area contributed by atoms with Crippen molar-refractivity contribution in [3.8, 4) is 0 Å². The van der Waals surface area contributed by atoms with E-state index in [2.05, 4.69) is 27.8 Å². The number of H-pyrrole nitrogens is 1. The Bertz CT molecular complexity index is 548. The van der Waals surface area contributed by atoms with E-state index in [-0.39, 0.29) is 5.56 Å². The maximum Gasteiger partial charge on any atom is 0.265 e. The lowest BCUT2D eigenvalue weighted by Gasteiger charge is -2.28. The van der Waals surface area contributed by atoms with E-state index in [1.165, 1.54) is 57.8 Å². The van der Waals surface area contributed by atoms with Gasteiger partial charge in [-0.25, -0.2) is 4.98 Å².